The Morgan fingerprint density at radius 3 is 2.90 bits per heavy atom. The van der Waals surface area contributed by atoms with E-state index in [-0.39, 0.29) is 17.5 Å². The Labute approximate surface area is 121 Å². The van der Waals surface area contributed by atoms with Crippen LogP contribution in [-0.2, 0) is 4.79 Å². The Hall–Kier alpha value is -1.36. The van der Waals surface area contributed by atoms with Crippen LogP contribution in [0.15, 0.2) is 12.5 Å². The van der Waals surface area contributed by atoms with Crippen molar-refractivity contribution in [2.75, 3.05) is 13.1 Å². The quantitative estimate of drug-likeness (QED) is 0.887. The van der Waals surface area contributed by atoms with Gasteiger partial charge in [-0.3, -0.25) is 4.79 Å². The molecule has 0 aromatic carbocycles. The van der Waals surface area contributed by atoms with Crippen molar-refractivity contribution in [1.82, 2.24) is 20.2 Å². The maximum atomic E-state index is 12.3. The van der Waals surface area contributed by atoms with E-state index < -0.39 is 0 Å². The van der Waals surface area contributed by atoms with E-state index in [2.05, 4.69) is 15.6 Å². The van der Waals surface area contributed by atoms with Crippen molar-refractivity contribution in [3.63, 3.8) is 0 Å². The predicted octanol–water partition coefficient (Wildman–Crippen LogP) is 1.83. The van der Waals surface area contributed by atoms with Crippen molar-refractivity contribution in [3.05, 3.63) is 18.2 Å². The average molecular weight is 278 g/mol. The zero-order valence-corrected chi connectivity index (χ0v) is 12.9. The number of piperidine rings is 1. The number of amides is 1. The molecule has 5 nitrogen and oxygen atoms in total. The average Bonchev–Trinajstić information content (AvgIpc) is 2.86. The van der Waals surface area contributed by atoms with Crippen LogP contribution in [-0.4, -0.2) is 34.1 Å². The number of carbonyl (C=O) groups excluding carboxylic acids is 1. The number of hydrogen-bond donors (Lipinski definition) is 2. The van der Waals surface area contributed by atoms with E-state index in [1.54, 1.807) is 6.33 Å². The highest BCUT2D eigenvalue weighted by Crippen LogP contribution is 2.25. The number of carbonyl (C=O) groups is 1. The first-order valence-corrected chi connectivity index (χ1v) is 7.43. The minimum absolute atomic E-state index is 0.0421. The Morgan fingerprint density at radius 1 is 1.55 bits per heavy atom. The van der Waals surface area contributed by atoms with Crippen LogP contribution in [0.4, 0.5) is 0 Å². The lowest BCUT2D eigenvalue weighted by atomic mass is 9.96. The maximum Gasteiger partial charge on any atom is 0.243 e. The first kappa shape index (κ1) is 15.0. The van der Waals surface area contributed by atoms with Gasteiger partial charge in [-0.2, -0.15) is 0 Å². The molecule has 2 N–H and O–H groups in total. The Balaban J connectivity index is 2.12. The molecule has 0 bridgehead atoms. The molecule has 2 atom stereocenters. The molecule has 1 aromatic rings. The SMILES string of the molecule is CC(C(=O)NC(C)(C)C)n1cncc1C1CCCNC1. The lowest BCUT2D eigenvalue weighted by Crippen LogP contribution is -2.44. The van der Waals surface area contributed by atoms with Crippen LogP contribution in [0.25, 0.3) is 0 Å². The van der Waals surface area contributed by atoms with Crippen LogP contribution >= 0.6 is 0 Å². The monoisotopic (exact) mass is 278 g/mol. The van der Waals surface area contributed by atoms with E-state index in [1.165, 1.54) is 6.42 Å². The van der Waals surface area contributed by atoms with E-state index in [0.29, 0.717) is 5.92 Å². The van der Waals surface area contributed by atoms with Gasteiger partial charge in [0.1, 0.15) is 6.04 Å². The summed E-state index contributed by atoms with van der Waals surface area (Å²) in [6, 6.07) is -0.228. The van der Waals surface area contributed by atoms with Crippen molar-refractivity contribution >= 4 is 5.91 Å². The van der Waals surface area contributed by atoms with Gasteiger partial charge in [-0.15, -0.1) is 0 Å². The number of nitrogens with one attached hydrogen (secondary N) is 2. The van der Waals surface area contributed by atoms with Crippen molar-refractivity contribution in [3.8, 4) is 0 Å². The summed E-state index contributed by atoms with van der Waals surface area (Å²) in [4.78, 5) is 16.6. The Morgan fingerprint density at radius 2 is 2.30 bits per heavy atom. The zero-order valence-electron chi connectivity index (χ0n) is 12.9. The summed E-state index contributed by atoms with van der Waals surface area (Å²) in [6.07, 6.45) is 6.01. The molecule has 1 amide bonds. The molecule has 2 rings (SSSR count). The third kappa shape index (κ3) is 3.60. The molecule has 2 unspecified atom stereocenters. The normalized spacial score (nSPS) is 21.5. The largest absolute Gasteiger partial charge is 0.350 e. The lowest BCUT2D eigenvalue weighted by Gasteiger charge is -2.27. The third-order valence-electron chi connectivity index (χ3n) is 3.71. The number of nitrogens with zero attached hydrogens (tertiary/aromatic N) is 2. The highest BCUT2D eigenvalue weighted by molar-refractivity contribution is 5.80. The van der Waals surface area contributed by atoms with Gasteiger partial charge in [-0.25, -0.2) is 4.98 Å². The van der Waals surface area contributed by atoms with E-state index in [1.807, 2.05) is 38.5 Å². The van der Waals surface area contributed by atoms with Gasteiger partial charge in [-0.05, 0) is 47.1 Å². The van der Waals surface area contributed by atoms with Gasteiger partial charge in [0.05, 0.1) is 6.33 Å². The summed E-state index contributed by atoms with van der Waals surface area (Å²) in [6.45, 7) is 9.99. The van der Waals surface area contributed by atoms with Crippen LogP contribution < -0.4 is 10.6 Å². The summed E-state index contributed by atoms with van der Waals surface area (Å²) < 4.78 is 2.01. The molecule has 1 fully saturated rings. The van der Waals surface area contributed by atoms with Gasteiger partial charge in [-0.1, -0.05) is 0 Å². The molecule has 1 saturated heterocycles. The fourth-order valence-electron chi connectivity index (χ4n) is 2.66. The molecular formula is C15H26N4O. The molecule has 1 aliphatic heterocycles. The zero-order chi connectivity index (χ0) is 14.8. The highest BCUT2D eigenvalue weighted by Gasteiger charge is 2.25. The molecule has 0 saturated carbocycles. The highest BCUT2D eigenvalue weighted by atomic mass is 16.2. The molecule has 20 heavy (non-hydrogen) atoms. The van der Waals surface area contributed by atoms with Gasteiger partial charge >= 0.3 is 0 Å². The summed E-state index contributed by atoms with van der Waals surface area (Å²) >= 11 is 0. The summed E-state index contributed by atoms with van der Waals surface area (Å²) in [7, 11) is 0. The smallest absolute Gasteiger partial charge is 0.243 e. The lowest BCUT2D eigenvalue weighted by molar-refractivity contribution is -0.125. The number of imidazole rings is 1. The molecule has 2 heterocycles. The van der Waals surface area contributed by atoms with E-state index in [0.717, 1.165) is 25.2 Å². The van der Waals surface area contributed by atoms with Gasteiger partial charge in [0, 0.05) is 29.9 Å². The van der Waals surface area contributed by atoms with E-state index in [4.69, 9.17) is 0 Å². The van der Waals surface area contributed by atoms with Crippen LogP contribution in [0.5, 0.6) is 0 Å². The van der Waals surface area contributed by atoms with Crippen LogP contribution in [0, 0.1) is 0 Å². The Kier molecular flexibility index (Phi) is 4.48. The van der Waals surface area contributed by atoms with Crippen molar-refractivity contribution in [1.29, 1.82) is 0 Å². The minimum Gasteiger partial charge on any atom is -0.350 e. The molecule has 0 spiro atoms. The molecule has 0 radical (unpaired) electrons. The van der Waals surface area contributed by atoms with Crippen LogP contribution in [0.3, 0.4) is 0 Å². The van der Waals surface area contributed by atoms with Gasteiger partial charge in [0.25, 0.3) is 0 Å². The van der Waals surface area contributed by atoms with Crippen molar-refractivity contribution < 1.29 is 4.79 Å². The molecule has 5 heteroatoms. The standard InChI is InChI=1S/C15H26N4O/c1-11(14(20)18-15(2,3)4)19-10-17-9-13(19)12-6-5-7-16-8-12/h9-12,16H,5-8H2,1-4H3,(H,18,20). The van der Waals surface area contributed by atoms with Crippen LogP contribution in [0.1, 0.15) is 58.2 Å². The number of hydrogen-bond acceptors (Lipinski definition) is 3. The predicted molar refractivity (Wildman–Crippen MR) is 79.7 cm³/mol. The first-order valence-electron chi connectivity index (χ1n) is 7.43. The van der Waals surface area contributed by atoms with Crippen molar-refractivity contribution in [2.24, 2.45) is 0 Å². The third-order valence-corrected chi connectivity index (χ3v) is 3.71. The molecule has 1 aliphatic rings. The number of aromatic nitrogens is 2. The summed E-state index contributed by atoms with van der Waals surface area (Å²) in [5, 5.41) is 6.45. The topological polar surface area (TPSA) is 59.0 Å². The van der Waals surface area contributed by atoms with Gasteiger partial charge in [0.15, 0.2) is 0 Å². The molecule has 112 valence electrons. The maximum absolute atomic E-state index is 12.3. The fourth-order valence-corrected chi connectivity index (χ4v) is 2.66. The van der Waals surface area contributed by atoms with Crippen molar-refractivity contribution in [2.45, 2.75) is 58.0 Å². The molecule has 0 aliphatic carbocycles. The van der Waals surface area contributed by atoms with Gasteiger partial charge < -0.3 is 15.2 Å². The fraction of sp³-hybridized carbons (Fsp3) is 0.733. The number of rotatable bonds is 3. The second-order valence-electron chi connectivity index (χ2n) is 6.68. The van der Waals surface area contributed by atoms with Crippen LogP contribution in [0.2, 0.25) is 0 Å². The van der Waals surface area contributed by atoms with E-state index >= 15 is 0 Å². The van der Waals surface area contributed by atoms with E-state index in [9.17, 15) is 4.79 Å². The molecular weight excluding hydrogens is 252 g/mol. The van der Waals surface area contributed by atoms with Gasteiger partial charge in [0.2, 0.25) is 5.91 Å². The summed E-state index contributed by atoms with van der Waals surface area (Å²) in [5.74, 6) is 0.497. The Bertz CT molecular complexity index is 455. The second-order valence-corrected chi connectivity index (χ2v) is 6.68. The molecule has 1 aromatic heterocycles. The minimum atomic E-state index is -0.228. The summed E-state index contributed by atoms with van der Waals surface area (Å²) in [5.41, 5.74) is 0.951. The first-order chi connectivity index (χ1) is 9.38. The second kappa shape index (κ2) is 5.95.